The molecule has 0 heterocycles. The maximum atomic E-state index is 11.8. The van der Waals surface area contributed by atoms with Crippen LogP contribution >= 0.6 is 0 Å². The highest BCUT2D eigenvalue weighted by atomic mass is 16.4. The van der Waals surface area contributed by atoms with Gasteiger partial charge in [-0.25, -0.2) is 0 Å². The van der Waals surface area contributed by atoms with Crippen LogP contribution in [0, 0.1) is 5.41 Å². The third kappa shape index (κ3) is 5.64. The van der Waals surface area contributed by atoms with Gasteiger partial charge in [0.1, 0.15) is 0 Å². The van der Waals surface area contributed by atoms with Crippen molar-refractivity contribution in [1.82, 2.24) is 5.32 Å². The summed E-state index contributed by atoms with van der Waals surface area (Å²) >= 11 is 0. The fourth-order valence-electron chi connectivity index (χ4n) is 1.41. The molecule has 0 aliphatic rings. The normalized spacial score (nSPS) is 10.8. The van der Waals surface area contributed by atoms with Gasteiger partial charge in [-0.05, 0) is 24.3 Å². The van der Waals surface area contributed by atoms with Gasteiger partial charge in [-0.1, -0.05) is 20.8 Å². The van der Waals surface area contributed by atoms with Crippen LogP contribution in [-0.4, -0.2) is 29.4 Å². The lowest BCUT2D eigenvalue weighted by Crippen LogP contribution is -2.28. The summed E-state index contributed by atoms with van der Waals surface area (Å²) in [4.78, 5) is 33.9. The topological polar surface area (TPSA) is 95.5 Å². The molecule has 2 amide bonds. The van der Waals surface area contributed by atoms with Crippen LogP contribution in [0.15, 0.2) is 24.3 Å². The maximum Gasteiger partial charge on any atom is 0.305 e. The van der Waals surface area contributed by atoms with Crippen LogP contribution in [0.1, 0.15) is 37.6 Å². The van der Waals surface area contributed by atoms with Crippen LogP contribution in [0.3, 0.4) is 0 Å². The van der Waals surface area contributed by atoms with E-state index in [0.29, 0.717) is 11.3 Å². The van der Waals surface area contributed by atoms with Crippen LogP contribution in [0.5, 0.6) is 0 Å². The molecule has 6 heteroatoms. The Hall–Kier alpha value is -2.37. The second-order valence-electron chi connectivity index (χ2n) is 5.68. The minimum atomic E-state index is -0.962. The number of hydrogen-bond donors (Lipinski definition) is 3. The monoisotopic (exact) mass is 292 g/mol. The van der Waals surface area contributed by atoms with Crippen molar-refractivity contribution >= 4 is 23.5 Å². The highest BCUT2D eigenvalue weighted by molar-refractivity contribution is 5.97. The summed E-state index contributed by atoms with van der Waals surface area (Å²) in [6, 6.07) is 6.42. The number of carbonyl (C=O) groups is 3. The summed E-state index contributed by atoms with van der Waals surface area (Å²) in [5, 5.41) is 13.8. The molecular weight excluding hydrogens is 272 g/mol. The molecule has 0 radical (unpaired) electrons. The van der Waals surface area contributed by atoms with Crippen LogP contribution in [0.2, 0.25) is 0 Å². The molecule has 1 rings (SSSR count). The summed E-state index contributed by atoms with van der Waals surface area (Å²) in [6.45, 7) is 5.52. The Morgan fingerprint density at radius 2 is 1.67 bits per heavy atom. The number of anilines is 1. The molecule has 0 aromatic heterocycles. The lowest BCUT2D eigenvalue weighted by molar-refractivity contribution is -0.136. The van der Waals surface area contributed by atoms with E-state index in [2.05, 4.69) is 10.6 Å². The summed E-state index contributed by atoms with van der Waals surface area (Å²) in [7, 11) is 0. The fraction of sp³-hybridized carbons (Fsp3) is 0.400. The van der Waals surface area contributed by atoms with Crippen LogP contribution in [-0.2, 0) is 9.59 Å². The number of carboxylic acids is 1. The smallest absolute Gasteiger partial charge is 0.305 e. The van der Waals surface area contributed by atoms with Gasteiger partial charge in [-0.2, -0.15) is 0 Å². The van der Waals surface area contributed by atoms with Crippen molar-refractivity contribution in [2.75, 3.05) is 11.9 Å². The SMILES string of the molecule is CC(C)(C)C(=O)Nc1ccc(C(=O)NCCC(=O)O)cc1. The van der Waals surface area contributed by atoms with Crippen LogP contribution in [0.4, 0.5) is 5.69 Å². The van der Waals surface area contributed by atoms with E-state index in [9.17, 15) is 14.4 Å². The Morgan fingerprint density at radius 3 is 2.14 bits per heavy atom. The van der Waals surface area contributed by atoms with Crippen LogP contribution < -0.4 is 10.6 Å². The zero-order valence-electron chi connectivity index (χ0n) is 12.4. The Balaban J connectivity index is 2.59. The third-order valence-electron chi connectivity index (χ3n) is 2.71. The number of carbonyl (C=O) groups excluding carboxylic acids is 2. The van der Waals surface area contributed by atoms with Gasteiger partial charge in [0.25, 0.3) is 5.91 Å². The molecule has 0 atom stereocenters. The highest BCUT2D eigenvalue weighted by Gasteiger charge is 2.21. The van der Waals surface area contributed by atoms with E-state index in [1.165, 1.54) is 0 Å². The molecule has 0 saturated heterocycles. The Labute approximate surface area is 123 Å². The van der Waals surface area contributed by atoms with Gasteiger partial charge in [-0.15, -0.1) is 0 Å². The third-order valence-corrected chi connectivity index (χ3v) is 2.71. The van der Waals surface area contributed by atoms with Gasteiger partial charge in [-0.3, -0.25) is 14.4 Å². The predicted molar refractivity (Wildman–Crippen MR) is 79.1 cm³/mol. The first kappa shape index (κ1) is 16.7. The van der Waals surface area contributed by atoms with Gasteiger partial charge >= 0.3 is 5.97 Å². The zero-order chi connectivity index (χ0) is 16.0. The molecule has 0 unspecified atom stereocenters. The number of aliphatic carboxylic acids is 1. The van der Waals surface area contributed by atoms with Gasteiger partial charge in [0.2, 0.25) is 5.91 Å². The van der Waals surface area contributed by atoms with Crippen molar-refractivity contribution < 1.29 is 19.5 Å². The standard InChI is InChI=1S/C15H20N2O4/c1-15(2,3)14(21)17-11-6-4-10(5-7-11)13(20)16-9-8-12(18)19/h4-7H,8-9H2,1-3H3,(H,16,20)(H,17,21)(H,18,19). The Morgan fingerprint density at radius 1 is 1.10 bits per heavy atom. The number of carboxylic acid groups (broad SMARTS) is 1. The van der Waals surface area contributed by atoms with E-state index < -0.39 is 11.4 Å². The lowest BCUT2D eigenvalue weighted by atomic mass is 9.95. The summed E-state index contributed by atoms with van der Waals surface area (Å²) < 4.78 is 0. The first-order chi connectivity index (χ1) is 9.70. The van der Waals surface area contributed by atoms with Gasteiger partial charge < -0.3 is 15.7 Å². The molecule has 0 fully saturated rings. The predicted octanol–water partition coefficient (Wildman–Crippen LogP) is 1.88. The van der Waals surface area contributed by atoms with Crippen molar-refractivity contribution in [3.8, 4) is 0 Å². The molecule has 0 spiro atoms. The van der Waals surface area contributed by atoms with Crippen molar-refractivity contribution in [3.05, 3.63) is 29.8 Å². The van der Waals surface area contributed by atoms with E-state index in [4.69, 9.17) is 5.11 Å². The van der Waals surface area contributed by atoms with E-state index in [0.717, 1.165) is 0 Å². The molecule has 21 heavy (non-hydrogen) atoms. The minimum absolute atomic E-state index is 0.0800. The largest absolute Gasteiger partial charge is 0.481 e. The van der Waals surface area contributed by atoms with Crippen molar-refractivity contribution in [2.24, 2.45) is 5.41 Å². The Bertz CT molecular complexity index is 530. The highest BCUT2D eigenvalue weighted by Crippen LogP contribution is 2.17. The molecule has 1 aromatic carbocycles. The average Bonchev–Trinajstić information content (AvgIpc) is 2.37. The molecule has 0 aliphatic heterocycles. The second kappa shape index (κ2) is 6.88. The molecule has 0 saturated carbocycles. The zero-order valence-corrected chi connectivity index (χ0v) is 12.4. The molecule has 6 nitrogen and oxygen atoms in total. The van der Waals surface area contributed by atoms with E-state index in [1.807, 2.05) is 20.8 Å². The summed E-state index contributed by atoms with van der Waals surface area (Å²) in [6.07, 6.45) is -0.120. The van der Waals surface area contributed by atoms with Crippen molar-refractivity contribution in [2.45, 2.75) is 27.2 Å². The quantitative estimate of drug-likeness (QED) is 0.772. The van der Waals surface area contributed by atoms with E-state index in [1.54, 1.807) is 24.3 Å². The average molecular weight is 292 g/mol. The lowest BCUT2D eigenvalue weighted by Gasteiger charge is -2.17. The maximum absolute atomic E-state index is 11.8. The van der Waals surface area contributed by atoms with Crippen LogP contribution in [0.25, 0.3) is 0 Å². The minimum Gasteiger partial charge on any atom is -0.481 e. The molecule has 3 N–H and O–H groups in total. The molecule has 0 bridgehead atoms. The number of rotatable bonds is 5. The summed E-state index contributed by atoms with van der Waals surface area (Å²) in [5.41, 5.74) is 0.526. The van der Waals surface area contributed by atoms with Gasteiger partial charge in [0.05, 0.1) is 6.42 Å². The first-order valence-electron chi connectivity index (χ1n) is 6.61. The molecule has 1 aromatic rings. The van der Waals surface area contributed by atoms with Gasteiger partial charge in [0.15, 0.2) is 0 Å². The molecular formula is C15H20N2O4. The number of amides is 2. The fourth-order valence-corrected chi connectivity index (χ4v) is 1.41. The van der Waals surface area contributed by atoms with Crippen molar-refractivity contribution in [3.63, 3.8) is 0 Å². The first-order valence-corrected chi connectivity index (χ1v) is 6.61. The Kier molecular flexibility index (Phi) is 5.46. The molecule has 114 valence electrons. The van der Waals surface area contributed by atoms with Crippen molar-refractivity contribution in [1.29, 1.82) is 0 Å². The second-order valence-corrected chi connectivity index (χ2v) is 5.68. The van der Waals surface area contributed by atoms with E-state index >= 15 is 0 Å². The van der Waals surface area contributed by atoms with Gasteiger partial charge in [0, 0.05) is 23.2 Å². The number of benzene rings is 1. The number of hydrogen-bond acceptors (Lipinski definition) is 3. The van der Waals surface area contributed by atoms with E-state index in [-0.39, 0.29) is 24.8 Å². The number of nitrogens with one attached hydrogen (secondary N) is 2. The molecule has 0 aliphatic carbocycles. The summed E-state index contributed by atoms with van der Waals surface area (Å²) in [5.74, 6) is -1.42.